The molecule has 0 saturated carbocycles. The third-order valence-corrected chi connectivity index (χ3v) is 5.06. The van der Waals surface area contributed by atoms with E-state index < -0.39 is 28.2 Å². The van der Waals surface area contributed by atoms with Gasteiger partial charge in [0.2, 0.25) is 0 Å². The van der Waals surface area contributed by atoms with E-state index in [1.165, 1.54) is 7.05 Å². The van der Waals surface area contributed by atoms with Crippen molar-refractivity contribution in [1.29, 1.82) is 0 Å². The van der Waals surface area contributed by atoms with Gasteiger partial charge >= 0.3 is 11.9 Å². The first-order valence-corrected chi connectivity index (χ1v) is 8.29. The van der Waals surface area contributed by atoms with Crippen molar-refractivity contribution in [3.8, 4) is 0 Å². The minimum Gasteiger partial charge on any atom is -0.465 e. The standard InChI is InChI=1S/C12H22N2O6S/c1-4-19-11(15)9-13(3)21(17,18)14-8-6-7-10(14)12(16)20-5-2/h10H,4-9H2,1-3H3. The third kappa shape index (κ3) is 4.39. The predicted octanol–water partition coefficient (Wildman–Crippen LogP) is -0.246. The first-order valence-electron chi connectivity index (χ1n) is 6.89. The molecule has 1 unspecified atom stereocenters. The van der Waals surface area contributed by atoms with Crippen LogP contribution in [0, 0.1) is 0 Å². The van der Waals surface area contributed by atoms with E-state index in [4.69, 9.17) is 9.47 Å². The highest BCUT2D eigenvalue weighted by Gasteiger charge is 2.41. The molecule has 0 aromatic heterocycles. The smallest absolute Gasteiger partial charge is 0.324 e. The fourth-order valence-corrected chi connectivity index (χ4v) is 3.64. The van der Waals surface area contributed by atoms with E-state index >= 15 is 0 Å². The zero-order chi connectivity index (χ0) is 16.0. The van der Waals surface area contributed by atoms with Gasteiger partial charge in [-0.2, -0.15) is 17.0 Å². The maximum atomic E-state index is 12.4. The molecule has 0 aliphatic carbocycles. The molecule has 0 aromatic carbocycles. The lowest BCUT2D eigenvalue weighted by Crippen LogP contribution is -2.48. The SMILES string of the molecule is CCOC(=O)CN(C)S(=O)(=O)N1CCCC1C(=O)OCC. The highest BCUT2D eigenvalue weighted by atomic mass is 32.2. The topological polar surface area (TPSA) is 93.2 Å². The molecule has 0 spiro atoms. The summed E-state index contributed by atoms with van der Waals surface area (Å²) < 4.78 is 36.5. The zero-order valence-electron chi connectivity index (χ0n) is 12.6. The summed E-state index contributed by atoms with van der Waals surface area (Å²) in [6.07, 6.45) is 1.00. The van der Waals surface area contributed by atoms with Crippen molar-refractivity contribution < 1.29 is 27.5 Å². The van der Waals surface area contributed by atoms with E-state index in [-0.39, 0.29) is 26.3 Å². The summed E-state index contributed by atoms with van der Waals surface area (Å²) in [5.74, 6) is -1.18. The van der Waals surface area contributed by atoms with Crippen LogP contribution in [0.4, 0.5) is 0 Å². The van der Waals surface area contributed by atoms with E-state index in [0.29, 0.717) is 12.8 Å². The Hall–Kier alpha value is -1.19. The number of nitrogens with zero attached hydrogens (tertiary/aromatic N) is 2. The van der Waals surface area contributed by atoms with Crippen LogP contribution in [0.15, 0.2) is 0 Å². The van der Waals surface area contributed by atoms with E-state index in [0.717, 1.165) is 8.61 Å². The van der Waals surface area contributed by atoms with Gasteiger partial charge in [0.1, 0.15) is 12.6 Å². The summed E-state index contributed by atoms with van der Waals surface area (Å²) in [5, 5.41) is 0. The summed E-state index contributed by atoms with van der Waals surface area (Å²) in [6.45, 7) is 3.53. The fraction of sp³-hybridized carbons (Fsp3) is 0.833. The lowest BCUT2D eigenvalue weighted by atomic mass is 10.2. The molecule has 0 N–H and O–H groups in total. The van der Waals surface area contributed by atoms with Gasteiger partial charge in [0.05, 0.1) is 13.2 Å². The molecule has 1 saturated heterocycles. The molecule has 0 amide bonds. The number of ether oxygens (including phenoxy) is 2. The molecule has 1 rings (SSSR count). The molecular weight excluding hydrogens is 300 g/mol. The molecule has 9 heteroatoms. The van der Waals surface area contributed by atoms with Gasteiger partial charge in [-0.1, -0.05) is 0 Å². The largest absolute Gasteiger partial charge is 0.465 e. The molecular formula is C12H22N2O6S. The normalized spacial score (nSPS) is 19.7. The summed E-state index contributed by atoms with van der Waals surface area (Å²) in [5.41, 5.74) is 0. The van der Waals surface area contributed by atoms with Crippen LogP contribution in [-0.2, 0) is 29.3 Å². The molecule has 1 heterocycles. The molecule has 1 aliphatic rings. The summed E-state index contributed by atoms with van der Waals surface area (Å²) in [7, 11) is -2.62. The van der Waals surface area contributed by atoms with Crippen molar-refractivity contribution >= 4 is 22.1 Å². The first-order chi connectivity index (χ1) is 9.84. The number of carbonyl (C=O) groups excluding carboxylic acids is 2. The van der Waals surface area contributed by atoms with Gasteiger partial charge in [-0.25, -0.2) is 0 Å². The Balaban J connectivity index is 2.80. The van der Waals surface area contributed by atoms with Crippen molar-refractivity contribution in [3.63, 3.8) is 0 Å². The monoisotopic (exact) mass is 322 g/mol. The molecule has 8 nitrogen and oxygen atoms in total. The summed E-state index contributed by atoms with van der Waals surface area (Å²) in [6, 6.07) is -0.820. The second kappa shape index (κ2) is 7.71. The highest BCUT2D eigenvalue weighted by Crippen LogP contribution is 2.23. The second-order valence-corrected chi connectivity index (χ2v) is 6.58. The van der Waals surface area contributed by atoms with Gasteiger partial charge in [-0.05, 0) is 26.7 Å². The molecule has 1 fully saturated rings. The Bertz CT molecular complexity index is 478. The fourth-order valence-electron chi connectivity index (χ4n) is 2.14. The van der Waals surface area contributed by atoms with E-state index in [9.17, 15) is 18.0 Å². The maximum absolute atomic E-state index is 12.4. The molecule has 1 atom stereocenters. The van der Waals surface area contributed by atoms with Crippen molar-refractivity contribution in [2.45, 2.75) is 32.7 Å². The number of carbonyl (C=O) groups is 2. The number of esters is 2. The average molecular weight is 322 g/mol. The Morgan fingerprint density at radius 3 is 2.43 bits per heavy atom. The number of hydrogen-bond acceptors (Lipinski definition) is 6. The van der Waals surface area contributed by atoms with E-state index in [1.807, 2.05) is 0 Å². The van der Waals surface area contributed by atoms with Crippen molar-refractivity contribution in [3.05, 3.63) is 0 Å². The maximum Gasteiger partial charge on any atom is 0.324 e. The van der Waals surface area contributed by atoms with Crippen LogP contribution in [-0.4, -0.2) is 68.4 Å². The van der Waals surface area contributed by atoms with Gasteiger partial charge in [-0.3, -0.25) is 9.59 Å². The molecule has 0 aromatic rings. The van der Waals surface area contributed by atoms with Crippen molar-refractivity contribution in [2.24, 2.45) is 0 Å². The quantitative estimate of drug-likeness (QED) is 0.600. The number of hydrogen-bond donors (Lipinski definition) is 0. The van der Waals surface area contributed by atoms with Crippen molar-refractivity contribution in [2.75, 3.05) is 33.4 Å². The lowest BCUT2D eigenvalue weighted by Gasteiger charge is -2.27. The second-order valence-electron chi connectivity index (χ2n) is 4.59. The Morgan fingerprint density at radius 1 is 1.24 bits per heavy atom. The van der Waals surface area contributed by atoms with Gasteiger partial charge in [0.25, 0.3) is 10.2 Å². The molecule has 0 bridgehead atoms. The van der Waals surface area contributed by atoms with Gasteiger partial charge in [-0.15, -0.1) is 0 Å². The highest BCUT2D eigenvalue weighted by molar-refractivity contribution is 7.86. The van der Waals surface area contributed by atoms with E-state index in [2.05, 4.69) is 0 Å². The Morgan fingerprint density at radius 2 is 1.86 bits per heavy atom. The summed E-state index contributed by atoms with van der Waals surface area (Å²) >= 11 is 0. The van der Waals surface area contributed by atoms with Crippen LogP contribution in [0.3, 0.4) is 0 Å². The van der Waals surface area contributed by atoms with Crippen LogP contribution in [0.1, 0.15) is 26.7 Å². The predicted molar refractivity (Wildman–Crippen MR) is 74.5 cm³/mol. The lowest BCUT2D eigenvalue weighted by molar-refractivity contribution is -0.146. The van der Waals surface area contributed by atoms with Crippen LogP contribution in [0.2, 0.25) is 0 Å². The number of rotatable bonds is 7. The van der Waals surface area contributed by atoms with Crippen LogP contribution >= 0.6 is 0 Å². The van der Waals surface area contributed by atoms with Gasteiger partial charge in [0.15, 0.2) is 0 Å². The van der Waals surface area contributed by atoms with Gasteiger partial charge < -0.3 is 9.47 Å². The molecule has 21 heavy (non-hydrogen) atoms. The van der Waals surface area contributed by atoms with Crippen LogP contribution in [0.5, 0.6) is 0 Å². The molecule has 0 radical (unpaired) electrons. The summed E-state index contributed by atoms with van der Waals surface area (Å²) in [4.78, 5) is 23.2. The van der Waals surface area contributed by atoms with Crippen LogP contribution in [0.25, 0.3) is 0 Å². The average Bonchev–Trinajstić information content (AvgIpc) is 2.89. The third-order valence-electron chi connectivity index (χ3n) is 3.11. The van der Waals surface area contributed by atoms with Crippen molar-refractivity contribution in [1.82, 2.24) is 8.61 Å². The minimum absolute atomic E-state index is 0.182. The zero-order valence-corrected chi connectivity index (χ0v) is 13.4. The van der Waals surface area contributed by atoms with Gasteiger partial charge in [0, 0.05) is 13.6 Å². The van der Waals surface area contributed by atoms with Crippen LogP contribution < -0.4 is 0 Å². The molecule has 122 valence electrons. The van der Waals surface area contributed by atoms with E-state index in [1.54, 1.807) is 13.8 Å². The Labute approximate surface area is 125 Å². The first kappa shape index (κ1) is 17.9. The Kier molecular flexibility index (Phi) is 6.56. The molecule has 1 aliphatic heterocycles. The number of likely N-dealkylation sites (N-methyl/N-ethyl adjacent to an activating group) is 1. The minimum atomic E-state index is -3.90.